The van der Waals surface area contributed by atoms with Gasteiger partial charge in [-0.1, -0.05) is 0 Å². The Hall–Kier alpha value is -1.16. The molecule has 0 amide bonds. The molecule has 1 N–H and O–H groups in total. The van der Waals surface area contributed by atoms with E-state index in [1.54, 1.807) is 0 Å². The zero-order chi connectivity index (χ0) is 9.59. The summed E-state index contributed by atoms with van der Waals surface area (Å²) < 4.78 is 0. The van der Waals surface area contributed by atoms with Gasteiger partial charge in [0, 0.05) is 6.04 Å². The number of likely N-dealkylation sites (tertiary alicyclic amines) is 1. The summed E-state index contributed by atoms with van der Waals surface area (Å²) in [5, 5.41) is 9.21. The molecule has 13 heavy (non-hydrogen) atoms. The zero-order valence-electron chi connectivity index (χ0n) is 7.41. The van der Waals surface area contributed by atoms with Gasteiger partial charge in [-0.05, 0) is 26.4 Å². The normalized spacial score (nSPS) is 24.2. The van der Waals surface area contributed by atoms with Crippen LogP contribution in [0, 0.1) is 0 Å². The van der Waals surface area contributed by atoms with Crippen molar-refractivity contribution in [1.82, 2.24) is 4.90 Å². The van der Waals surface area contributed by atoms with Crippen LogP contribution in [-0.4, -0.2) is 23.6 Å². The second-order valence-electron chi connectivity index (χ2n) is 3.56. The summed E-state index contributed by atoms with van der Waals surface area (Å²) >= 11 is 0. The summed E-state index contributed by atoms with van der Waals surface area (Å²) in [6, 6.07) is -0.0369. The lowest BCUT2D eigenvalue weighted by Crippen LogP contribution is -2.38. The molecule has 0 spiro atoms. The second kappa shape index (κ2) is 2.67. The molecule has 1 aromatic carbocycles. The summed E-state index contributed by atoms with van der Waals surface area (Å²) in [7, 11) is 1.90. The van der Waals surface area contributed by atoms with E-state index in [0.29, 0.717) is 5.56 Å². The van der Waals surface area contributed by atoms with E-state index >= 15 is 0 Å². The average Bonchev–Trinajstić information content (AvgIpc) is 2.52. The van der Waals surface area contributed by atoms with Gasteiger partial charge in [-0.3, -0.25) is 14.5 Å². The predicted octanol–water partition coefficient (Wildman–Crippen LogP) is -0.245. The second-order valence-corrected chi connectivity index (χ2v) is 3.56. The highest BCUT2D eigenvalue weighted by Gasteiger charge is 2.32. The smallest absolute Gasteiger partial charge is 0.268 e. The van der Waals surface area contributed by atoms with Crippen LogP contribution < -0.4 is 10.9 Å². The fourth-order valence-corrected chi connectivity index (χ4v) is 1.98. The van der Waals surface area contributed by atoms with Gasteiger partial charge in [-0.25, -0.2) is 0 Å². The van der Waals surface area contributed by atoms with Crippen molar-refractivity contribution >= 4 is 0 Å². The first-order valence-electron chi connectivity index (χ1n) is 4.35. The number of rotatable bonds is 1. The number of hydrogen-bond donors (Lipinski definition) is 1. The molecule has 0 bridgehead atoms. The zero-order valence-corrected chi connectivity index (χ0v) is 7.41. The Balaban J connectivity index is 2.37. The first-order valence-corrected chi connectivity index (χ1v) is 4.35. The van der Waals surface area contributed by atoms with Crippen molar-refractivity contribution in [3.8, 4) is 5.75 Å². The van der Waals surface area contributed by atoms with Crippen LogP contribution in [-0.2, 0) is 0 Å². The van der Waals surface area contributed by atoms with Gasteiger partial charge in [-0.2, -0.15) is 0 Å². The molecule has 1 aliphatic rings. The quantitative estimate of drug-likeness (QED) is 0.607. The van der Waals surface area contributed by atoms with E-state index in [4.69, 9.17) is 0 Å². The van der Waals surface area contributed by atoms with E-state index in [9.17, 15) is 14.7 Å². The van der Waals surface area contributed by atoms with Gasteiger partial charge in [0.25, 0.3) is 5.43 Å². The van der Waals surface area contributed by atoms with Crippen LogP contribution in [0.4, 0.5) is 0 Å². The Morgan fingerprint density at radius 1 is 1.38 bits per heavy atom. The highest BCUT2D eigenvalue weighted by atomic mass is 16.3. The van der Waals surface area contributed by atoms with Crippen LogP contribution in [0.1, 0.15) is 24.4 Å². The van der Waals surface area contributed by atoms with E-state index in [2.05, 4.69) is 0 Å². The maximum Gasteiger partial charge on any atom is 0.268 e. The molecule has 70 valence electrons. The van der Waals surface area contributed by atoms with Gasteiger partial charge in [0.05, 0.1) is 5.56 Å². The summed E-state index contributed by atoms with van der Waals surface area (Å²) in [6.45, 7) is 0.920. The van der Waals surface area contributed by atoms with E-state index in [-0.39, 0.29) is 11.8 Å². The molecule has 1 aromatic rings. The Kier molecular flexibility index (Phi) is 1.73. The maximum atomic E-state index is 11.1. The molecule has 1 saturated heterocycles. The first kappa shape index (κ1) is 8.44. The van der Waals surface area contributed by atoms with E-state index in [1.807, 2.05) is 11.9 Å². The number of nitrogens with zero attached hydrogens (tertiary/aromatic N) is 1. The fraction of sp³-hybridized carbons (Fsp3) is 0.556. The van der Waals surface area contributed by atoms with Crippen LogP contribution in [0.5, 0.6) is 5.75 Å². The standard InChI is InChI=1S/C9H11NO3/c1-10-4-2-3-5(10)6-7(11)9(13)8(6)12/h5,11H,2-4H2,1H3. The summed E-state index contributed by atoms with van der Waals surface area (Å²) in [4.78, 5) is 23.9. The van der Waals surface area contributed by atoms with Crippen LogP contribution in [0.15, 0.2) is 9.59 Å². The van der Waals surface area contributed by atoms with E-state index in [0.717, 1.165) is 19.4 Å². The van der Waals surface area contributed by atoms with Crippen molar-refractivity contribution in [3.63, 3.8) is 0 Å². The molecule has 1 fully saturated rings. The van der Waals surface area contributed by atoms with Gasteiger partial charge in [0.15, 0.2) is 5.75 Å². The third-order valence-electron chi connectivity index (χ3n) is 2.77. The molecule has 0 aliphatic carbocycles. The fourth-order valence-electron chi connectivity index (χ4n) is 1.98. The molecular formula is C9H11NO3. The average molecular weight is 181 g/mol. The van der Waals surface area contributed by atoms with Gasteiger partial charge in [0.1, 0.15) is 0 Å². The van der Waals surface area contributed by atoms with Crippen molar-refractivity contribution in [2.75, 3.05) is 13.6 Å². The number of hydrogen-bond acceptors (Lipinski definition) is 4. The molecular weight excluding hydrogens is 170 g/mol. The van der Waals surface area contributed by atoms with Gasteiger partial charge in [-0.15, -0.1) is 0 Å². The predicted molar refractivity (Wildman–Crippen MR) is 47.6 cm³/mol. The molecule has 4 nitrogen and oxygen atoms in total. The lowest BCUT2D eigenvalue weighted by atomic mass is 9.99. The molecule has 0 saturated carbocycles. The van der Waals surface area contributed by atoms with Gasteiger partial charge >= 0.3 is 0 Å². The molecule has 1 heterocycles. The van der Waals surface area contributed by atoms with Gasteiger partial charge in [0.2, 0.25) is 5.43 Å². The van der Waals surface area contributed by atoms with E-state index in [1.165, 1.54) is 0 Å². The van der Waals surface area contributed by atoms with Crippen molar-refractivity contribution < 1.29 is 5.11 Å². The molecule has 2 rings (SSSR count). The van der Waals surface area contributed by atoms with Crippen LogP contribution >= 0.6 is 0 Å². The van der Waals surface area contributed by atoms with Crippen LogP contribution in [0.3, 0.4) is 0 Å². The first-order chi connectivity index (χ1) is 6.13. The third kappa shape index (κ3) is 1.02. The highest BCUT2D eigenvalue weighted by molar-refractivity contribution is 5.40. The SMILES string of the molecule is CN1CCCC1c1c(O)c(=O)c1=O. The van der Waals surface area contributed by atoms with Gasteiger partial charge < -0.3 is 5.11 Å². The molecule has 0 aromatic heterocycles. The minimum atomic E-state index is -0.727. The Morgan fingerprint density at radius 3 is 2.54 bits per heavy atom. The maximum absolute atomic E-state index is 11.1. The van der Waals surface area contributed by atoms with Crippen molar-refractivity contribution in [1.29, 1.82) is 0 Å². The van der Waals surface area contributed by atoms with Crippen LogP contribution in [0.25, 0.3) is 0 Å². The molecule has 1 unspecified atom stereocenters. The third-order valence-corrected chi connectivity index (χ3v) is 2.77. The molecule has 0 radical (unpaired) electrons. The Morgan fingerprint density at radius 2 is 2.08 bits per heavy atom. The highest BCUT2D eigenvalue weighted by Crippen LogP contribution is 2.32. The molecule has 1 aliphatic heterocycles. The number of aromatic hydroxyl groups is 1. The van der Waals surface area contributed by atoms with Crippen molar-refractivity contribution in [3.05, 3.63) is 26.0 Å². The summed E-state index contributed by atoms with van der Waals surface area (Å²) in [6.07, 6.45) is 1.87. The van der Waals surface area contributed by atoms with Crippen LogP contribution in [0.2, 0.25) is 0 Å². The molecule has 1 atom stereocenters. The molecule has 4 heteroatoms. The minimum absolute atomic E-state index is 0.0369. The largest absolute Gasteiger partial charge is 0.504 e. The summed E-state index contributed by atoms with van der Waals surface area (Å²) in [5.41, 5.74) is -0.906. The van der Waals surface area contributed by atoms with E-state index < -0.39 is 10.9 Å². The lowest BCUT2D eigenvalue weighted by Gasteiger charge is -2.20. The monoisotopic (exact) mass is 181 g/mol. The topological polar surface area (TPSA) is 57.6 Å². The lowest BCUT2D eigenvalue weighted by molar-refractivity contribution is 0.303. The Bertz CT molecular complexity index is 403. The van der Waals surface area contributed by atoms with Crippen molar-refractivity contribution in [2.45, 2.75) is 18.9 Å². The minimum Gasteiger partial charge on any atom is -0.504 e. The Labute approximate surface area is 75.1 Å². The summed E-state index contributed by atoms with van der Waals surface area (Å²) in [5.74, 6) is -0.316. The van der Waals surface area contributed by atoms with Crippen molar-refractivity contribution in [2.24, 2.45) is 0 Å².